The molecule has 0 bridgehead atoms. The molecule has 0 aromatic heterocycles. The van der Waals surface area contributed by atoms with Crippen molar-refractivity contribution in [2.75, 3.05) is 0 Å². The molecule has 3 nitrogen and oxygen atoms in total. The molecule has 1 saturated heterocycles. The van der Waals surface area contributed by atoms with Gasteiger partial charge < -0.3 is 9.84 Å². The van der Waals surface area contributed by atoms with E-state index in [0.29, 0.717) is 12.3 Å². The first-order chi connectivity index (χ1) is 8.58. The van der Waals surface area contributed by atoms with E-state index in [1.54, 1.807) is 0 Å². The number of nitriles is 1. The van der Waals surface area contributed by atoms with Crippen molar-refractivity contribution in [3.63, 3.8) is 0 Å². The van der Waals surface area contributed by atoms with Gasteiger partial charge in [0.25, 0.3) is 0 Å². The molecule has 0 aromatic carbocycles. The van der Waals surface area contributed by atoms with Crippen LogP contribution in [-0.4, -0.2) is 21.9 Å². The number of ether oxygens (including phenoxy) is 1. The highest BCUT2D eigenvalue weighted by Crippen LogP contribution is 2.58. The first-order valence-corrected chi connectivity index (χ1v) is 7.41. The molecule has 1 N–H and O–H groups in total. The van der Waals surface area contributed by atoms with E-state index in [1.165, 1.54) is 0 Å². The van der Waals surface area contributed by atoms with E-state index in [1.807, 2.05) is 27.7 Å². The molecule has 0 spiro atoms. The first kappa shape index (κ1) is 14.8. The molecule has 1 atom stereocenters. The van der Waals surface area contributed by atoms with Crippen LogP contribution in [0, 0.1) is 22.7 Å². The Morgan fingerprint density at radius 3 is 2.05 bits per heavy atom. The molecular weight excluding hydrogens is 238 g/mol. The van der Waals surface area contributed by atoms with Crippen molar-refractivity contribution in [2.24, 2.45) is 11.3 Å². The second kappa shape index (κ2) is 4.20. The third kappa shape index (κ3) is 2.10. The van der Waals surface area contributed by atoms with Crippen LogP contribution in [-0.2, 0) is 4.74 Å². The van der Waals surface area contributed by atoms with Crippen LogP contribution in [0.2, 0.25) is 0 Å². The monoisotopic (exact) mass is 265 g/mol. The summed E-state index contributed by atoms with van der Waals surface area (Å²) in [6, 6.07) is 2.48. The van der Waals surface area contributed by atoms with Crippen LogP contribution in [0.4, 0.5) is 0 Å². The lowest BCUT2D eigenvalue weighted by Crippen LogP contribution is -2.59. The Morgan fingerprint density at radius 1 is 1.16 bits per heavy atom. The second-order valence-electron chi connectivity index (χ2n) is 7.79. The lowest BCUT2D eigenvalue weighted by Gasteiger charge is -2.49. The highest BCUT2D eigenvalue weighted by atomic mass is 16.5. The highest BCUT2D eigenvalue weighted by molar-refractivity contribution is 5.22. The van der Waals surface area contributed by atoms with Gasteiger partial charge in [0.2, 0.25) is 0 Å². The fourth-order valence-electron chi connectivity index (χ4n) is 4.26. The summed E-state index contributed by atoms with van der Waals surface area (Å²) in [5, 5.41) is 21.2. The molecular formula is C16H27NO2. The summed E-state index contributed by atoms with van der Waals surface area (Å²) in [7, 11) is 0. The zero-order chi connectivity index (χ0) is 14.5. The van der Waals surface area contributed by atoms with Gasteiger partial charge in [-0.2, -0.15) is 5.26 Å². The Balaban J connectivity index is 2.40. The zero-order valence-electron chi connectivity index (χ0n) is 12.9. The zero-order valence-corrected chi connectivity index (χ0v) is 12.9. The highest BCUT2D eigenvalue weighted by Gasteiger charge is 2.66. The van der Waals surface area contributed by atoms with Gasteiger partial charge in [0, 0.05) is 6.42 Å². The maximum absolute atomic E-state index is 11.4. The van der Waals surface area contributed by atoms with Gasteiger partial charge in [-0.05, 0) is 59.3 Å². The normalized spacial score (nSPS) is 44.8. The molecule has 1 heterocycles. The van der Waals surface area contributed by atoms with Gasteiger partial charge in [-0.3, -0.25) is 0 Å². The van der Waals surface area contributed by atoms with Gasteiger partial charge in [0.05, 0.1) is 22.7 Å². The van der Waals surface area contributed by atoms with E-state index in [9.17, 15) is 10.4 Å². The minimum Gasteiger partial charge on any atom is -0.385 e. The molecule has 2 fully saturated rings. The summed E-state index contributed by atoms with van der Waals surface area (Å²) < 4.78 is 6.06. The van der Waals surface area contributed by atoms with E-state index < -0.39 is 16.6 Å². The number of nitrogens with zero attached hydrogens (tertiary/aromatic N) is 1. The number of hydrogen-bond acceptors (Lipinski definition) is 3. The van der Waals surface area contributed by atoms with Crippen LogP contribution < -0.4 is 0 Å². The van der Waals surface area contributed by atoms with Crippen molar-refractivity contribution in [1.82, 2.24) is 0 Å². The fourth-order valence-corrected chi connectivity index (χ4v) is 4.26. The number of rotatable bonds is 1. The second-order valence-corrected chi connectivity index (χ2v) is 7.79. The molecule has 0 radical (unpaired) electrons. The predicted molar refractivity (Wildman–Crippen MR) is 74.5 cm³/mol. The lowest BCUT2D eigenvalue weighted by atomic mass is 9.56. The third-order valence-corrected chi connectivity index (χ3v) is 5.34. The molecule has 2 aliphatic rings. The molecule has 1 aliphatic heterocycles. The van der Waals surface area contributed by atoms with Crippen LogP contribution in [0.1, 0.15) is 66.7 Å². The predicted octanol–water partition coefficient (Wildman–Crippen LogP) is 3.42. The summed E-state index contributed by atoms with van der Waals surface area (Å²) in [5.74, 6) is 0.656. The lowest BCUT2D eigenvalue weighted by molar-refractivity contribution is -0.173. The minimum atomic E-state index is -1.06. The van der Waals surface area contributed by atoms with Crippen LogP contribution in [0.15, 0.2) is 0 Å². The quantitative estimate of drug-likeness (QED) is 0.790. The van der Waals surface area contributed by atoms with Gasteiger partial charge in [0.1, 0.15) is 5.60 Å². The summed E-state index contributed by atoms with van der Waals surface area (Å²) in [5.41, 5.74) is -2.76. The summed E-state index contributed by atoms with van der Waals surface area (Å²) in [6.07, 6.45) is 4.14. The van der Waals surface area contributed by atoms with E-state index in [2.05, 4.69) is 13.0 Å². The third-order valence-electron chi connectivity index (χ3n) is 5.34. The standard InChI is InChI=1S/C16H27NO2/c1-12-6-8-15(11-17,9-7-12)16(18)10-13(2,3)19-14(16,4)5/h12,18H,6-10H2,1-5H3. The molecule has 108 valence electrons. The molecule has 1 aliphatic carbocycles. The van der Waals surface area contributed by atoms with Crippen LogP contribution in [0.3, 0.4) is 0 Å². The van der Waals surface area contributed by atoms with Crippen molar-refractivity contribution in [2.45, 2.75) is 83.5 Å². The SMILES string of the molecule is CC1CCC(C#N)(C2(O)CC(C)(C)OC2(C)C)CC1. The van der Waals surface area contributed by atoms with E-state index in [4.69, 9.17) is 4.74 Å². The Bertz CT molecular complexity index is 399. The molecule has 19 heavy (non-hydrogen) atoms. The van der Waals surface area contributed by atoms with Crippen molar-refractivity contribution >= 4 is 0 Å². The van der Waals surface area contributed by atoms with Gasteiger partial charge in [-0.1, -0.05) is 6.92 Å². The van der Waals surface area contributed by atoms with Crippen LogP contribution in [0.25, 0.3) is 0 Å². The molecule has 2 rings (SSSR count). The van der Waals surface area contributed by atoms with Crippen molar-refractivity contribution in [3.05, 3.63) is 0 Å². The van der Waals surface area contributed by atoms with E-state index in [0.717, 1.165) is 25.7 Å². The van der Waals surface area contributed by atoms with Crippen molar-refractivity contribution in [1.29, 1.82) is 5.26 Å². The summed E-state index contributed by atoms with van der Waals surface area (Å²) >= 11 is 0. The Hall–Kier alpha value is -0.590. The van der Waals surface area contributed by atoms with Crippen molar-refractivity contribution < 1.29 is 9.84 Å². The van der Waals surface area contributed by atoms with Gasteiger partial charge >= 0.3 is 0 Å². The topological polar surface area (TPSA) is 53.2 Å². The van der Waals surface area contributed by atoms with Crippen LogP contribution >= 0.6 is 0 Å². The smallest absolute Gasteiger partial charge is 0.114 e. The van der Waals surface area contributed by atoms with Crippen molar-refractivity contribution in [3.8, 4) is 6.07 Å². The van der Waals surface area contributed by atoms with E-state index >= 15 is 0 Å². The summed E-state index contributed by atoms with van der Waals surface area (Å²) in [4.78, 5) is 0. The maximum atomic E-state index is 11.4. The molecule has 0 aromatic rings. The Kier molecular flexibility index (Phi) is 3.27. The molecule has 1 unspecified atom stereocenters. The maximum Gasteiger partial charge on any atom is 0.114 e. The first-order valence-electron chi connectivity index (χ1n) is 7.41. The Labute approximate surface area is 117 Å². The molecule has 3 heteroatoms. The van der Waals surface area contributed by atoms with Gasteiger partial charge in [-0.25, -0.2) is 0 Å². The average Bonchev–Trinajstić information content (AvgIpc) is 2.45. The average molecular weight is 265 g/mol. The summed E-state index contributed by atoms with van der Waals surface area (Å²) in [6.45, 7) is 10.1. The fraction of sp³-hybridized carbons (Fsp3) is 0.938. The molecule has 1 saturated carbocycles. The van der Waals surface area contributed by atoms with Crippen LogP contribution in [0.5, 0.6) is 0 Å². The Morgan fingerprint density at radius 2 is 1.68 bits per heavy atom. The largest absolute Gasteiger partial charge is 0.385 e. The minimum absolute atomic E-state index is 0.370. The van der Waals surface area contributed by atoms with Gasteiger partial charge in [0.15, 0.2) is 0 Å². The van der Waals surface area contributed by atoms with Gasteiger partial charge in [-0.15, -0.1) is 0 Å². The molecule has 0 amide bonds. The number of aliphatic hydroxyl groups is 1. The number of hydrogen-bond donors (Lipinski definition) is 1. The van der Waals surface area contributed by atoms with E-state index in [-0.39, 0.29) is 5.60 Å².